The number of ether oxygens (including phenoxy) is 1. The summed E-state index contributed by atoms with van der Waals surface area (Å²) in [5, 5.41) is 14.6. The third kappa shape index (κ3) is 6.02. The Balaban J connectivity index is 1.35. The Morgan fingerprint density at radius 3 is 2.09 bits per heavy atom. The van der Waals surface area contributed by atoms with Crippen molar-refractivity contribution in [3.05, 3.63) is 59.7 Å². The van der Waals surface area contributed by atoms with Gasteiger partial charge in [-0.2, -0.15) is 0 Å². The first-order chi connectivity index (χ1) is 16.8. The lowest BCUT2D eigenvalue weighted by Gasteiger charge is -2.31. The van der Waals surface area contributed by atoms with Gasteiger partial charge in [0, 0.05) is 12.5 Å². The number of carbonyl (C=O) groups is 3. The summed E-state index contributed by atoms with van der Waals surface area (Å²) >= 11 is 0. The molecule has 2 amide bonds. The molecule has 35 heavy (non-hydrogen) atoms. The van der Waals surface area contributed by atoms with E-state index >= 15 is 0 Å². The fourth-order valence-electron chi connectivity index (χ4n) is 5.81. The van der Waals surface area contributed by atoms with Crippen molar-refractivity contribution in [2.24, 2.45) is 17.8 Å². The van der Waals surface area contributed by atoms with Gasteiger partial charge in [-0.05, 0) is 59.3 Å². The van der Waals surface area contributed by atoms with Crippen molar-refractivity contribution in [2.75, 3.05) is 13.2 Å². The van der Waals surface area contributed by atoms with Crippen LogP contribution in [0.1, 0.15) is 56.6 Å². The van der Waals surface area contributed by atoms with E-state index in [-0.39, 0.29) is 12.5 Å². The van der Waals surface area contributed by atoms with Crippen LogP contribution in [0.4, 0.5) is 4.79 Å². The maximum atomic E-state index is 12.8. The van der Waals surface area contributed by atoms with Crippen LogP contribution in [0.5, 0.6) is 0 Å². The quantitative estimate of drug-likeness (QED) is 0.516. The summed E-state index contributed by atoms with van der Waals surface area (Å²) in [6.45, 7) is 5.02. The Bertz CT molecular complexity index is 1030. The summed E-state index contributed by atoms with van der Waals surface area (Å²) < 4.78 is 5.50. The zero-order valence-electron chi connectivity index (χ0n) is 20.3. The van der Waals surface area contributed by atoms with Gasteiger partial charge in [0.1, 0.15) is 12.6 Å². The van der Waals surface area contributed by atoms with Crippen molar-refractivity contribution in [1.29, 1.82) is 0 Å². The van der Waals surface area contributed by atoms with E-state index in [2.05, 4.69) is 36.6 Å². The number of fused-ring (bicyclic) bond motifs is 3. The van der Waals surface area contributed by atoms with E-state index in [1.807, 2.05) is 36.4 Å². The van der Waals surface area contributed by atoms with E-state index in [0.29, 0.717) is 24.3 Å². The van der Waals surface area contributed by atoms with Crippen molar-refractivity contribution in [3.8, 4) is 11.1 Å². The fourth-order valence-corrected chi connectivity index (χ4v) is 5.81. The molecule has 0 aliphatic heterocycles. The molecule has 2 aliphatic rings. The Hall–Kier alpha value is -3.35. The average Bonchev–Trinajstić information content (AvgIpc) is 3.13. The van der Waals surface area contributed by atoms with E-state index in [9.17, 15) is 19.5 Å². The number of carbonyl (C=O) groups excluding carboxylic acids is 2. The van der Waals surface area contributed by atoms with Crippen molar-refractivity contribution in [1.82, 2.24) is 10.6 Å². The number of alkyl carbamates (subject to hydrolysis) is 1. The molecule has 0 bridgehead atoms. The second kappa shape index (κ2) is 10.9. The van der Waals surface area contributed by atoms with Gasteiger partial charge in [-0.25, -0.2) is 4.79 Å². The predicted octanol–water partition coefficient (Wildman–Crippen LogP) is 4.56. The summed E-state index contributed by atoms with van der Waals surface area (Å²) in [5.41, 5.74) is 4.40. The molecular formula is C28H34N2O5. The number of nitrogens with one attached hydrogen (secondary N) is 2. The highest BCUT2D eigenvalue weighted by atomic mass is 16.5. The third-order valence-electron chi connectivity index (χ3n) is 7.17. The smallest absolute Gasteiger partial charge is 0.407 e. The summed E-state index contributed by atoms with van der Waals surface area (Å²) in [6.07, 6.45) is 1.96. The monoisotopic (exact) mass is 478 g/mol. The first-order valence-electron chi connectivity index (χ1n) is 12.4. The molecule has 0 saturated heterocycles. The topological polar surface area (TPSA) is 105 Å². The van der Waals surface area contributed by atoms with E-state index < -0.39 is 30.4 Å². The average molecular weight is 479 g/mol. The van der Waals surface area contributed by atoms with Crippen molar-refractivity contribution in [3.63, 3.8) is 0 Å². The minimum atomic E-state index is -1.19. The minimum absolute atomic E-state index is 0.0964. The summed E-state index contributed by atoms with van der Waals surface area (Å²) in [4.78, 5) is 36.7. The highest BCUT2D eigenvalue weighted by molar-refractivity contribution is 5.89. The number of amides is 2. The number of carboxylic acid groups (broad SMARTS) is 1. The van der Waals surface area contributed by atoms with Crippen molar-refractivity contribution < 1.29 is 24.2 Å². The van der Waals surface area contributed by atoms with Crippen LogP contribution in [0, 0.1) is 17.8 Å². The van der Waals surface area contributed by atoms with Gasteiger partial charge >= 0.3 is 12.1 Å². The lowest BCUT2D eigenvalue weighted by atomic mass is 9.77. The molecule has 1 saturated carbocycles. The minimum Gasteiger partial charge on any atom is -0.481 e. The number of carboxylic acids is 1. The maximum absolute atomic E-state index is 12.8. The standard InChI is InChI=1S/C28H34N2O5/c1-17-11-18(2)13-19(12-17)15-29-27(33)25(14-26(31)32)30-28(34)35-16-24-22-9-5-3-7-20(22)21-8-4-6-10-23(21)24/h3-10,17-19,24-25H,11-16H2,1-2H3,(H,29,33)(H,30,34)(H,31,32). The number of hydrogen-bond acceptors (Lipinski definition) is 4. The second-order valence-electron chi connectivity index (χ2n) is 10.1. The highest BCUT2D eigenvalue weighted by Gasteiger charge is 2.31. The molecule has 7 nitrogen and oxygen atoms in total. The molecule has 2 aromatic carbocycles. The van der Waals surface area contributed by atoms with E-state index in [1.165, 1.54) is 6.42 Å². The van der Waals surface area contributed by atoms with E-state index in [0.717, 1.165) is 35.1 Å². The summed E-state index contributed by atoms with van der Waals surface area (Å²) in [5.74, 6) is -0.201. The van der Waals surface area contributed by atoms with Gasteiger partial charge < -0.3 is 20.5 Å². The molecule has 1 fully saturated rings. The van der Waals surface area contributed by atoms with E-state index in [4.69, 9.17) is 4.74 Å². The number of aliphatic carboxylic acids is 1. The molecule has 4 rings (SSSR count). The van der Waals surface area contributed by atoms with Crippen LogP contribution in [-0.4, -0.2) is 42.3 Å². The number of benzene rings is 2. The molecular weight excluding hydrogens is 444 g/mol. The fraction of sp³-hybridized carbons (Fsp3) is 0.464. The molecule has 0 aromatic heterocycles. The van der Waals surface area contributed by atoms with Gasteiger partial charge in [0.05, 0.1) is 6.42 Å². The van der Waals surface area contributed by atoms with Gasteiger partial charge in [0.15, 0.2) is 0 Å². The summed E-state index contributed by atoms with van der Waals surface area (Å²) in [7, 11) is 0. The molecule has 0 heterocycles. The molecule has 2 aliphatic carbocycles. The molecule has 3 atom stereocenters. The molecule has 186 valence electrons. The second-order valence-corrected chi connectivity index (χ2v) is 10.1. The van der Waals surface area contributed by atoms with Crippen molar-refractivity contribution in [2.45, 2.75) is 51.5 Å². The Morgan fingerprint density at radius 1 is 0.943 bits per heavy atom. The van der Waals surface area contributed by atoms with Crippen molar-refractivity contribution >= 4 is 18.0 Å². The molecule has 0 spiro atoms. The Kier molecular flexibility index (Phi) is 7.73. The third-order valence-corrected chi connectivity index (χ3v) is 7.17. The molecule has 3 unspecified atom stereocenters. The van der Waals surface area contributed by atoms with Crippen LogP contribution in [0.15, 0.2) is 48.5 Å². The Morgan fingerprint density at radius 2 is 1.51 bits per heavy atom. The van der Waals surface area contributed by atoms with Gasteiger partial charge in [-0.3, -0.25) is 9.59 Å². The van der Waals surface area contributed by atoms with Gasteiger partial charge in [0.25, 0.3) is 0 Å². The lowest BCUT2D eigenvalue weighted by Crippen LogP contribution is -2.49. The molecule has 3 N–H and O–H groups in total. The van der Waals surface area contributed by atoms with Crippen LogP contribution in [0.3, 0.4) is 0 Å². The van der Waals surface area contributed by atoms with Gasteiger partial charge in [-0.15, -0.1) is 0 Å². The van der Waals surface area contributed by atoms with Crippen LogP contribution >= 0.6 is 0 Å². The molecule has 7 heteroatoms. The number of hydrogen-bond donors (Lipinski definition) is 3. The van der Waals surface area contributed by atoms with Gasteiger partial charge in [0.2, 0.25) is 5.91 Å². The number of rotatable bonds is 8. The first-order valence-corrected chi connectivity index (χ1v) is 12.4. The van der Waals surface area contributed by atoms with E-state index in [1.54, 1.807) is 0 Å². The van der Waals surface area contributed by atoms with Crippen LogP contribution < -0.4 is 10.6 Å². The normalized spacial score (nSPS) is 21.9. The van der Waals surface area contributed by atoms with Crippen LogP contribution in [-0.2, 0) is 14.3 Å². The zero-order valence-corrected chi connectivity index (χ0v) is 20.3. The van der Waals surface area contributed by atoms with Gasteiger partial charge in [-0.1, -0.05) is 62.4 Å². The SMILES string of the molecule is CC1CC(C)CC(CNC(=O)C(CC(=O)O)NC(=O)OCC2c3ccccc3-c3ccccc32)C1. The predicted molar refractivity (Wildman–Crippen MR) is 133 cm³/mol. The molecule has 0 radical (unpaired) electrons. The van der Waals surface area contributed by atoms with Crippen LogP contribution in [0.2, 0.25) is 0 Å². The Labute approximate surface area is 206 Å². The van der Waals surface area contributed by atoms with Crippen LogP contribution in [0.25, 0.3) is 11.1 Å². The zero-order chi connectivity index (χ0) is 24.9. The largest absolute Gasteiger partial charge is 0.481 e. The molecule has 2 aromatic rings. The summed E-state index contributed by atoms with van der Waals surface area (Å²) in [6, 6.07) is 14.8. The lowest BCUT2D eigenvalue weighted by molar-refractivity contribution is -0.139. The highest BCUT2D eigenvalue weighted by Crippen LogP contribution is 2.44. The first kappa shape index (κ1) is 24.8. The maximum Gasteiger partial charge on any atom is 0.407 e.